The van der Waals surface area contributed by atoms with E-state index in [0.29, 0.717) is 29.1 Å². The van der Waals surface area contributed by atoms with Crippen molar-refractivity contribution in [2.24, 2.45) is 11.8 Å². The predicted molar refractivity (Wildman–Crippen MR) is 81.7 cm³/mol. The van der Waals surface area contributed by atoms with Crippen LogP contribution < -0.4 is 5.32 Å². The van der Waals surface area contributed by atoms with Gasteiger partial charge in [0.2, 0.25) is 5.91 Å². The fourth-order valence-electron chi connectivity index (χ4n) is 2.81. The summed E-state index contributed by atoms with van der Waals surface area (Å²) in [4.78, 5) is 27.8. The van der Waals surface area contributed by atoms with Gasteiger partial charge >= 0.3 is 5.97 Å². The monoisotopic (exact) mass is 324 g/mol. The van der Waals surface area contributed by atoms with E-state index in [2.05, 4.69) is 10.3 Å². The molecule has 2 atom stereocenters. The van der Waals surface area contributed by atoms with E-state index in [-0.39, 0.29) is 5.91 Å². The molecule has 3 rings (SSSR count). The van der Waals surface area contributed by atoms with Gasteiger partial charge in [0, 0.05) is 0 Å². The number of anilines is 1. The van der Waals surface area contributed by atoms with Crippen molar-refractivity contribution in [2.45, 2.75) is 19.3 Å². The second-order valence-corrected chi connectivity index (χ2v) is 6.39. The van der Waals surface area contributed by atoms with Crippen LogP contribution >= 0.6 is 22.9 Å². The molecule has 0 unspecified atom stereocenters. The van der Waals surface area contributed by atoms with Gasteiger partial charge in [-0.05, 0) is 25.0 Å². The highest BCUT2D eigenvalue weighted by molar-refractivity contribution is 7.16. The highest BCUT2D eigenvalue weighted by Crippen LogP contribution is 2.36. The molecule has 1 saturated carbocycles. The highest BCUT2D eigenvalue weighted by Gasteiger charge is 2.38. The first-order valence-corrected chi connectivity index (χ1v) is 7.89. The van der Waals surface area contributed by atoms with Gasteiger partial charge in [-0.15, -0.1) is 11.3 Å². The highest BCUT2D eigenvalue weighted by atomic mass is 35.5. The number of carbonyl (C=O) groups excluding carboxylic acids is 1. The Morgan fingerprint density at radius 1 is 1.33 bits per heavy atom. The molecule has 1 heterocycles. The van der Waals surface area contributed by atoms with E-state index >= 15 is 0 Å². The molecule has 110 valence electrons. The number of thiazole rings is 1. The van der Waals surface area contributed by atoms with Crippen molar-refractivity contribution in [2.75, 3.05) is 5.32 Å². The summed E-state index contributed by atoms with van der Waals surface area (Å²) in [7, 11) is 0. The molecule has 1 aromatic heterocycles. The second kappa shape index (κ2) is 5.61. The number of hydrogen-bond donors (Lipinski definition) is 2. The van der Waals surface area contributed by atoms with Gasteiger partial charge in [-0.1, -0.05) is 18.0 Å². The maximum Gasteiger partial charge on any atom is 0.307 e. The van der Waals surface area contributed by atoms with Crippen molar-refractivity contribution in [3.63, 3.8) is 0 Å². The topological polar surface area (TPSA) is 79.3 Å². The zero-order chi connectivity index (χ0) is 15.0. The fraction of sp³-hybridized carbons (Fsp3) is 0.357. The number of hydrogen-bond acceptors (Lipinski definition) is 4. The van der Waals surface area contributed by atoms with Crippen LogP contribution in [-0.4, -0.2) is 22.0 Å². The maximum atomic E-state index is 12.4. The first-order chi connectivity index (χ1) is 10.1. The average molecular weight is 325 g/mol. The van der Waals surface area contributed by atoms with E-state index in [4.69, 9.17) is 11.6 Å². The summed E-state index contributed by atoms with van der Waals surface area (Å²) >= 11 is 7.60. The Morgan fingerprint density at radius 3 is 2.86 bits per heavy atom. The number of aromatic nitrogens is 1. The number of amides is 1. The lowest BCUT2D eigenvalue weighted by atomic mass is 9.95. The van der Waals surface area contributed by atoms with Gasteiger partial charge in [0.1, 0.15) is 5.52 Å². The van der Waals surface area contributed by atoms with Gasteiger partial charge in [0.25, 0.3) is 0 Å². The molecular weight excluding hydrogens is 312 g/mol. The Balaban J connectivity index is 1.88. The van der Waals surface area contributed by atoms with Crippen LogP contribution in [0.25, 0.3) is 10.2 Å². The number of nitrogens with one attached hydrogen (secondary N) is 1. The molecule has 0 aliphatic heterocycles. The molecule has 0 radical (unpaired) electrons. The first kappa shape index (κ1) is 14.3. The molecule has 21 heavy (non-hydrogen) atoms. The third-order valence-electron chi connectivity index (χ3n) is 3.87. The molecule has 1 aromatic carbocycles. The summed E-state index contributed by atoms with van der Waals surface area (Å²) in [6, 6.07) is 3.56. The van der Waals surface area contributed by atoms with Crippen LogP contribution in [0.2, 0.25) is 5.02 Å². The minimum Gasteiger partial charge on any atom is -0.481 e. The number of nitrogens with zero attached hydrogens (tertiary/aromatic N) is 1. The fourth-order valence-corrected chi connectivity index (χ4v) is 3.70. The number of benzene rings is 1. The molecule has 1 fully saturated rings. The normalized spacial score (nSPS) is 21.6. The number of carboxylic acid groups (broad SMARTS) is 1. The number of fused-ring (bicyclic) bond motifs is 1. The van der Waals surface area contributed by atoms with Gasteiger partial charge in [-0.3, -0.25) is 9.59 Å². The zero-order valence-corrected chi connectivity index (χ0v) is 12.6. The van der Waals surface area contributed by atoms with Crippen molar-refractivity contribution in [3.8, 4) is 0 Å². The second-order valence-electron chi connectivity index (χ2n) is 5.09. The molecule has 1 aliphatic rings. The van der Waals surface area contributed by atoms with E-state index in [1.165, 1.54) is 11.3 Å². The SMILES string of the molecule is O=C(O)[C@H]1CCC[C@H]1C(=O)Nc1c(Cl)ccc2scnc12. The number of carboxylic acids is 1. The van der Waals surface area contributed by atoms with Crippen LogP contribution in [0.4, 0.5) is 5.69 Å². The molecule has 0 spiro atoms. The lowest BCUT2D eigenvalue weighted by molar-refractivity contribution is -0.145. The minimum atomic E-state index is -0.911. The van der Waals surface area contributed by atoms with Gasteiger partial charge < -0.3 is 10.4 Å². The van der Waals surface area contributed by atoms with Crippen LogP contribution in [0, 0.1) is 11.8 Å². The molecule has 0 bridgehead atoms. The first-order valence-electron chi connectivity index (χ1n) is 6.63. The maximum absolute atomic E-state index is 12.4. The Bertz CT molecular complexity index is 715. The molecule has 2 aromatic rings. The summed E-state index contributed by atoms with van der Waals surface area (Å²) in [5, 5.41) is 12.4. The molecule has 7 heteroatoms. The van der Waals surface area contributed by atoms with Crippen molar-refractivity contribution in [3.05, 3.63) is 22.7 Å². The van der Waals surface area contributed by atoms with Gasteiger partial charge in [-0.25, -0.2) is 4.98 Å². The van der Waals surface area contributed by atoms with Crippen molar-refractivity contribution in [1.29, 1.82) is 0 Å². The Hall–Kier alpha value is -1.66. The van der Waals surface area contributed by atoms with E-state index < -0.39 is 17.8 Å². The minimum absolute atomic E-state index is 0.290. The van der Waals surface area contributed by atoms with Crippen LogP contribution in [0.5, 0.6) is 0 Å². The number of rotatable bonds is 3. The molecule has 0 saturated heterocycles. The van der Waals surface area contributed by atoms with E-state index in [0.717, 1.165) is 11.1 Å². The lowest BCUT2D eigenvalue weighted by Gasteiger charge is -2.16. The molecule has 2 N–H and O–H groups in total. The summed E-state index contributed by atoms with van der Waals surface area (Å²) in [6.07, 6.45) is 1.89. The summed E-state index contributed by atoms with van der Waals surface area (Å²) in [6.45, 7) is 0. The average Bonchev–Trinajstić information content (AvgIpc) is 3.09. The number of aliphatic carboxylic acids is 1. The molecule has 1 amide bonds. The predicted octanol–water partition coefficient (Wildman–Crippen LogP) is 3.39. The van der Waals surface area contributed by atoms with Gasteiger partial charge in [0.15, 0.2) is 0 Å². The summed E-state index contributed by atoms with van der Waals surface area (Å²) in [5.41, 5.74) is 2.80. The number of halogens is 1. The van der Waals surface area contributed by atoms with E-state index in [1.807, 2.05) is 6.07 Å². The quantitative estimate of drug-likeness (QED) is 0.907. The summed E-state index contributed by atoms with van der Waals surface area (Å²) < 4.78 is 0.927. The van der Waals surface area contributed by atoms with Crippen molar-refractivity contribution in [1.82, 2.24) is 4.98 Å². The Labute approximate surface area is 129 Å². The van der Waals surface area contributed by atoms with Crippen LogP contribution in [0.15, 0.2) is 17.6 Å². The van der Waals surface area contributed by atoms with Gasteiger partial charge in [0.05, 0.1) is 32.8 Å². The zero-order valence-electron chi connectivity index (χ0n) is 11.0. The van der Waals surface area contributed by atoms with E-state index in [9.17, 15) is 14.7 Å². The summed E-state index contributed by atoms with van der Waals surface area (Å²) in [5.74, 6) is -2.32. The van der Waals surface area contributed by atoms with Crippen LogP contribution in [0.3, 0.4) is 0 Å². The Morgan fingerprint density at radius 2 is 2.10 bits per heavy atom. The van der Waals surface area contributed by atoms with Crippen molar-refractivity contribution >= 4 is 50.7 Å². The molecule has 1 aliphatic carbocycles. The van der Waals surface area contributed by atoms with Crippen molar-refractivity contribution < 1.29 is 14.7 Å². The number of carbonyl (C=O) groups is 2. The third-order valence-corrected chi connectivity index (χ3v) is 4.98. The molecular formula is C14H13ClN2O3S. The van der Waals surface area contributed by atoms with Crippen LogP contribution in [-0.2, 0) is 9.59 Å². The molecule has 5 nitrogen and oxygen atoms in total. The van der Waals surface area contributed by atoms with E-state index in [1.54, 1.807) is 11.6 Å². The smallest absolute Gasteiger partial charge is 0.307 e. The third kappa shape index (κ3) is 2.61. The Kier molecular flexibility index (Phi) is 3.82. The van der Waals surface area contributed by atoms with Crippen LogP contribution in [0.1, 0.15) is 19.3 Å². The lowest BCUT2D eigenvalue weighted by Crippen LogP contribution is -2.30. The van der Waals surface area contributed by atoms with Gasteiger partial charge in [-0.2, -0.15) is 0 Å². The standard InChI is InChI=1S/C14H13ClN2O3S/c15-9-4-5-10-12(16-6-21-10)11(9)17-13(18)7-2-1-3-8(7)14(19)20/h4-8H,1-3H2,(H,17,18)(H,19,20)/t7-,8+/m1/s1. The largest absolute Gasteiger partial charge is 0.481 e.